The zero-order chi connectivity index (χ0) is 12.4. The predicted octanol–water partition coefficient (Wildman–Crippen LogP) is 2.42. The lowest BCUT2D eigenvalue weighted by Gasteiger charge is -2.21. The standard InChI is InChI=1S/C13H20N4/c1-9(2)10(3)14-11(4)13-16-15-12-7-5-6-8-17(12)13/h5-11,14H,1-4H3/t10-,11+/m0/s1. The van der Waals surface area contributed by atoms with E-state index < -0.39 is 0 Å². The van der Waals surface area contributed by atoms with Crippen molar-refractivity contribution in [2.45, 2.75) is 39.8 Å². The summed E-state index contributed by atoms with van der Waals surface area (Å²) < 4.78 is 2.03. The molecule has 2 heterocycles. The van der Waals surface area contributed by atoms with Gasteiger partial charge in [-0.2, -0.15) is 0 Å². The highest BCUT2D eigenvalue weighted by atomic mass is 15.3. The molecule has 2 aromatic rings. The molecule has 0 fully saturated rings. The average Bonchev–Trinajstić information content (AvgIpc) is 2.72. The molecule has 0 aromatic carbocycles. The Morgan fingerprint density at radius 1 is 1.12 bits per heavy atom. The Bertz CT molecular complexity index is 489. The van der Waals surface area contributed by atoms with E-state index in [1.807, 2.05) is 28.8 Å². The molecule has 0 radical (unpaired) electrons. The summed E-state index contributed by atoms with van der Waals surface area (Å²) in [5.41, 5.74) is 0.897. The quantitative estimate of drug-likeness (QED) is 0.880. The van der Waals surface area contributed by atoms with Gasteiger partial charge in [-0.3, -0.25) is 4.40 Å². The van der Waals surface area contributed by atoms with E-state index in [4.69, 9.17) is 0 Å². The summed E-state index contributed by atoms with van der Waals surface area (Å²) in [5, 5.41) is 12.0. The second-order valence-electron chi connectivity index (χ2n) is 4.91. The van der Waals surface area contributed by atoms with Gasteiger partial charge in [0.15, 0.2) is 11.5 Å². The monoisotopic (exact) mass is 232 g/mol. The SMILES string of the molecule is CC(C)[C@H](C)N[C@H](C)c1nnc2ccccn12. The van der Waals surface area contributed by atoms with Crippen LogP contribution in [-0.4, -0.2) is 20.6 Å². The predicted molar refractivity (Wildman–Crippen MR) is 68.8 cm³/mol. The number of rotatable bonds is 4. The van der Waals surface area contributed by atoms with Crippen molar-refractivity contribution < 1.29 is 0 Å². The van der Waals surface area contributed by atoms with Gasteiger partial charge >= 0.3 is 0 Å². The van der Waals surface area contributed by atoms with E-state index in [1.165, 1.54) is 0 Å². The van der Waals surface area contributed by atoms with E-state index in [0.717, 1.165) is 11.5 Å². The van der Waals surface area contributed by atoms with Crippen molar-refractivity contribution in [1.29, 1.82) is 0 Å². The Morgan fingerprint density at radius 2 is 1.88 bits per heavy atom. The molecule has 0 saturated heterocycles. The third kappa shape index (κ3) is 2.47. The van der Waals surface area contributed by atoms with E-state index in [1.54, 1.807) is 0 Å². The first-order valence-corrected chi connectivity index (χ1v) is 6.15. The molecule has 4 nitrogen and oxygen atoms in total. The Labute approximate surface area is 102 Å². The first kappa shape index (κ1) is 12.0. The summed E-state index contributed by atoms with van der Waals surface area (Å²) in [4.78, 5) is 0. The fraction of sp³-hybridized carbons (Fsp3) is 0.538. The van der Waals surface area contributed by atoms with Crippen LogP contribution in [0, 0.1) is 5.92 Å². The zero-order valence-electron chi connectivity index (χ0n) is 10.9. The van der Waals surface area contributed by atoms with Gasteiger partial charge in [-0.15, -0.1) is 10.2 Å². The molecule has 17 heavy (non-hydrogen) atoms. The summed E-state index contributed by atoms with van der Waals surface area (Å²) in [6, 6.07) is 6.60. The van der Waals surface area contributed by atoms with Gasteiger partial charge in [0.25, 0.3) is 0 Å². The summed E-state index contributed by atoms with van der Waals surface area (Å²) >= 11 is 0. The average molecular weight is 232 g/mol. The molecule has 2 atom stereocenters. The number of aromatic nitrogens is 3. The molecule has 0 amide bonds. The van der Waals surface area contributed by atoms with E-state index in [0.29, 0.717) is 12.0 Å². The Balaban J connectivity index is 2.22. The molecule has 0 spiro atoms. The van der Waals surface area contributed by atoms with Crippen LogP contribution in [0.3, 0.4) is 0 Å². The van der Waals surface area contributed by atoms with Gasteiger partial charge in [0.05, 0.1) is 6.04 Å². The zero-order valence-corrected chi connectivity index (χ0v) is 10.9. The highest BCUT2D eigenvalue weighted by molar-refractivity contribution is 5.37. The maximum Gasteiger partial charge on any atom is 0.160 e. The fourth-order valence-electron chi connectivity index (χ4n) is 1.82. The minimum atomic E-state index is 0.199. The molecular weight excluding hydrogens is 212 g/mol. The first-order chi connectivity index (χ1) is 8.09. The molecule has 0 unspecified atom stereocenters. The van der Waals surface area contributed by atoms with Crippen LogP contribution in [0.1, 0.15) is 39.6 Å². The lowest BCUT2D eigenvalue weighted by Crippen LogP contribution is -2.33. The summed E-state index contributed by atoms with van der Waals surface area (Å²) in [6.45, 7) is 8.76. The van der Waals surface area contributed by atoms with Crippen molar-refractivity contribution in [2.24, 2.45) is 5.92 Å². The molecule has 0 bridgehead atoms. The van der Waals surface area contributed by atoms with Crippen molar-refractivity contribution in [3.05, 3.63) is 30.2 Å². The van der Waals surface area contributed by atoms with Crippen molar-refractivity contribution in [3.8, 4) is 0 Å². The first-order valence-electron chi connectivity index (χ1n) is 6.15. The Kier molecular flexibility index (Phi) is 3.43. The number of nitrogens with zero attached hydrogens (tertiary/aromatic N) is 3. The summed E-state index contributed by atoms with van der Waals surface area (Å²) in [6.07, 6.45) is 2.00. The van der Waals surface area contributed by atoms with Gasteiger partial charge in [-0.25, -0.2) is 0 Å². The molecular formula is C13H20N4. The van der Waals surface area contributed by atoms with Crippen LogP contribution in [0.15, 0.2) is 24.4 Å². The molecule has 0 saturated carbocycles. The molecule has 92 valence electrons. The van der Waals surface area contributed by atoms with Gasteiger partial charge in [0.1, 0.15) is 0 Å². The molecule has 2 rings (SSSR count). The summed E-state index contributed by atoms with van der Waals surface area (Å²) in [7, 11) is 0. The van der Waals surface area contributed by atoms with Crippen molar-refractivity contribution in [2.75, 3.05) is 0 Å². The smallest absolute Gasteiger partial charge is 0.160 e. The molecule has 4 heteroatoms. The number of hydrogen-bond acceptors (Lipinski definition) is 3. The third-order valence-corrected chi connectivity index (χ3v) is 3.24. The lowest BCUT2D eigenvalue weighted by molar-refractivity contribution is 0.380. The van der Waals surface area contributed by atoms with E-state index >= 15 is 0 Å². The van der Waals surface area contributed by atoms with E-state index in [2.05, 4.69) is 43.2 Å². The van der Waals surface area contributed by atoms with Crippen LogP contribution in [0.2, 0.25) is 0 Å². The Hall–Kier alpha value is -1.42. The number of fused-ring (bicyclic) bond motifs is 1. The van der Waals surface area contributed by atoms with Gasteiger partial charge in [0.2, 0.25) is 0 Å². The van der Waals surface area contributed by atoms with Crippen molar-refractivity contribution in [3.63, 3.8) is 0 Å². The molecule has 0 aliphatic heterocycles. The molecule has 0 aliphatic carbocycles. The van der Waals surface area contributed by atoms with Crippen molar-refractivity contribution >= 4 is 5.65 Å². The van der Waals surface area contributed by atoms with E-state index in [-0.39, 0.29) is 6.04 Å². The van der Waals surface area contributed by atoms with Gasteiger partial charge in [-0.05, 0) is 31.9 Å². The van der Waals surface area contributed by atoms with Crippen molar-refractivity contribution in [1.82, 2.24) is 19.9 Å². The third-order valence-electron chi connectivity index (χ3n) is 3.24. The van der Waals surface area contributed by atoms with Crippen LogP contribution in [-0.2, 0) is 0 Å². The number of pyridine rings is 1. The number of nitrogens with one attached hydrogen (secondary N) is 1. The highest BCUT2D eigenvalue weighted by Gasteiger charge is 2.16. The number of hydrogen-bond donors (Lipinski definition) is 1. The van der Waals surface area contributed by atoms with Gasteiger partial charge in [-0.1, -0.05) is 19.9 Å². The molecule has 1 N–H and O–H groups in total. The second-order valence-corrected chi connectivity index (χ2v) is 4.91. The maximum atomic E-state index is 4.26. The maximum absolute atomic E-state index is 4.26. The fourth-order valence-corrected chi connectivity index (χ4v) is 1.82. The van der Waals surface area contributed by atoms with Crippen LogP contribution in [0.25, 0.3) is 5.65 Å². The molecule has 0 aliphatic rings. The topological polar surface area (TPSA) is 42.2 Å². The second kappa shape index (κ2) is 4.84. The Morgan fingerprint density at radius 3 is 2.59 bits per heavy atom. The van der Waals surface area contributed by atoms with Crippen LogP contribution in [0.5, 0.6) is 0 Å². The summed E-state index contributed by atoms with van der Waals surface area (Å²) in [5.74, 6) is 1.57. The minimum Gasteiger partial charge on any atom is -0.305 e. The van der Waals surface area contributed by atoms with E-state index in [9.17, 15) is 0 Å². The van der Waals surface area contributed by atoms with Gasteiger partial charge < -0.3 is 5.32 Å². The highest BCUT2D eigenvalue weighted by Crippen LogP contribution is 2.14. The normalized spacial score (nSPS) is 15.4. The minimum absolute atomic E-state index is 0.199. The van der Waals surface area contributed by atoms with Crippen LogP contribution < -0.4 is 5.32 Å². The molecule has 2 aromatic heterocycles. The van der Waals surface area contributed by atoms with Crippen LogP contribution in [0.4, 0.5) is 0 Å². The lowest BCUT2D eigenvalue weighted by atomic mass is 10.1. The van der Waals surface area contributed by atoms with Crippen LogP contribution >= 0.6 is 0 Å². The van der Waals surface area contributed by atoms with Gasteiger partial charge in [0, 0.05) is 12.2 Å². The largest absolute Gasteiger partial charge is 0.305 e.